The summed E-state index contributed by atoms with van der Waals surface area (Å²) in [5, 5.41) is 12.6. The minimum absolute atomic E-state index is 0.0359. The van der Waals surface area contributed by atoms with Crippen molar-refractivity contribution in [2.75, 3.05) is 32.1 Å². The molecule has 0 spiro atoms. The molecule has 6 nitrogen and oxygen atoms in total. The number of hydrogen-bond acceptors (Lipinski definition) is 6. The van der Waals surface area contributed by atoms with E-state index in [0.717, 1.165) is 42.3 Å². The number of likely N-dealkylation sites (tertiary alicyclic amines) is 1. The standard InChI is InChI=1S/C19H26N4O2S/c1-13-6-7-14(2)16(11-13)25-10-8-17-21-22-19(26-17)20-18(24)15-5-4-9-23(3)12-15/h6-7,11,15H,4-5,8-10,12H2,1-3H3,(H,20,22,24)/t15-/m0/s1. The number of rotatable bonds is 6. The second kappa shape index (κ2) is 8.60. The molecule has 0 unspecified atom stereocenters. The highest BCUT2D eigenvalue weighted by Crippen LogP contribution is 2.22. The Morgan fingerprint density at radius 1 is 1.38 bits per heavy atom. The molecule has 140 valence electrons. The summed E-state index contributed by atoms with van der Waals surface area (Å²) in [6, 6.07) is 6.18. The first-order chi connectivity index (χ1) is 12.5. The number of hydrogen-bond donors (Lipinski definition) is 1. The van der Waals surface area contributed by atoms with Crippen LogP contribution in [0.5, 0.6) is 5.75 Å². The Balaban J connectivity index is 1.48. The Hall–Kier alpha value is -1.99. The van der Waals surface area contributed by atoms with Gasteiger partial charge in [0.15, 0.2) is 0 Å². The topological polar surface area (TPSA) is 67.4 Å². The predicted octanol–water partition coefficient (Wildman–Crippen LogP) is 3.06. The maximum Gasteiger partial charge on any atom is 0.230 e. The van der Waals surface area contributed by atoms with E-state index in [9.17, 15) is 4.79 Å². The third-order valence-corrected chi connectivity index (χ3v) is 5.51. The lowest BCUT2D eigenvalue weighted by Crippen LogP contribution is -2.38. The zero-order valence-electron chi connectivity index (χ0n) is 15.6. The highest BCUT2D eigenvalue weighted by molar-refractivity contribution is 7.15. The van der Waals surface area contributed by atoms with E-state index in [1.807, 2.05) is 13.0 Å². The van der Waals surface area contributed by atoms with Crippen LogP contribution in [-0.2, 0) is 11.2 Å². The molecule has 1 amide bonds. The predicted molar refractivity (Wildman–Crippen MR) is 104 cm³/mol. The molecule has 1 N–H and O–H groups in total. The molecule has 2 heterocycles. The summed E-state index contributed by atoms with van der Waals surface area (Å²) >= 11 is 1.42. The first kappa shape index (κ1) is 18.8. The van der Waals surface area contributed by atoms with Gasteiger partial charge in [-0.3, -0.25) is 4.79 Å². The molecular weight excluding hydrogens is 348 g/mol. The van der Waals surface area contributed by atoms with Crippen molar-refractivity contribution in [2.45, 2.75) is 33.1 Å². The average molecular weight is 375 g/mol. The van der Waals surface area contributed by atoms with Crippen molar-refractivity contribution in [2.24, 2.45) is 5.92 Å². The molecule has 0 saturated carbocycles. The molecule has 2 aromatic rings. The number of aromatic nitrogens is 2. The molecule has 1 aliphatic rings. The van der Waals surface area contributed by atoms with E-state index < -0.39 is 0 Å². The van der Waals surface area contributed by atoms with E-state index >= 15 is 0 Å². The molecule has 1 saturated heterocycles. The Kier molecular flexibility index (Phi) is 6.21. The van der Waals surface area contributed by atoms with E-state index in [4.69, 9.17) is 4.74 Å². The summed E-state index contributed by atoms with van der Waals surface area (Å²) in [5.74, 6) is 0.990. The summed E-state index contributed by atoms with van der Waals surface area (Å²) in [6.07, 6.45) is 2.67. The highest BCUT2D eigenvalue weighted by atomic mass is 32.1. The van der Waals surface area contributed by atoms with Crippen LogP contribution >= 0.6 is 11.3 Å². The summed E-state index contributed by atoms with van der Waals surface area (Å²) in [6.45, 7) is 6.50. The summed E-state index contributed by atoms with van der Waals surface area (Å²) in [4.78, 5) is 14.6. The quantitative estimate of drug-likeness (QED) is 0.842. The Bertz CT molecular complexity index is 762. The molecule has 1 aliphatic heterocycles. The molecule has 0 bridgehead atoms. The van der Waals surface area contributed by atoms with Crippen molar-refractivity contribution in [1.82, 2.24) is 15.1 Å². The van der Waals surface area contributed by atoms with Crippen molar-refractivity contribution in [3.05, 3.63) is 34.3 Å². The van der Waals surface area contributed by atoms with Gasteiger partial charge in [0.05, 0.1) is 12.5 Å². The first-order valence-corrected chi connectivity index (χ1v) is 9.85. The molecule has 0 radical (unpaired) electrons. The number of carbonyl (C=O) groups is 1. The number of benzene rings is 1. The number of ether oxygens (including phenoxy) is 1. The minimum Gasteiger partial charge on any atom is -0.493 e. The summed E-state index contributed by atoms with van der Waals surface area (Å²) < 4.78 is 5.86. The maximum atomic E-state index is 12.4. The molecule has 1 aromatic heterocycles. The van der Waals surface area contributed by atoms with Crippen LogP contribution < -0.4 is 10.1 Å². The average Bonchev–Trinajstić information content (AvgIpc) is 3.05. The molecule has 0 aliphatic carbocycles. The van der Waals surface area contributed by atoms with Crippen LogP contribution in [0.2, 0.25) is 0 Å². The van der Waals surface area contributed by atoms with E-state index in [1.165, 1.54) is 16.9 Å². The molecule has 7 heteroatoms. The first-order valence-electron chi connectivity index (χ1n) is 9.03. The molecular formula is C19H26N4O2S. The molecule has 26 heavy (non-hydrogen) atoms. The van der Waals surface area contributed by atoms with E-state index in [0.29, 0.717) is 18.2 Å². The number of nitrogens with one attached hydrogen (secondary N) is 1. The van der Waals surface area contributed by atoms with Gasteiger partial charge in [0, 0.05) is 13.0 Å². The largest absolute Gasteiger partial charge is 0.493 e. The fourth-order valence-corrected chi connectivity index (χ4v) is 3.83. The van der Waals surface area contributed by atoms with Gasteiger partial charge < -0.3 is 15.0 Å². The fraction of sp³-hybridized carbons (Fsp3) is 0.526. The van der Waals surface area contributed by atoms with Crippen molar-refractivity contribution >= 4 is 22.4 Å². The Labute approximate surface area is 158 Å². The zero-order valence-corrected chi connectivity index (χ0v) is 16.4. The lowest BCUT2D eigenvalue weighted by Gasteiger charge is -2.28. The SMILES string of the molecule is Cc1ccc(C)c(OCCc2nnc(NC(=O)[C@H]3CCCN(C)C3)s2)c1. The Morgan fingerprint density at radius 3 is 3.04 bits per heavy atom. The lowest BCUT2D eigenvalue weighted by atomic mass is 9.98. The third-order valence-electron chi connectivity index (χ3n) is 4.61. The van der Waals surface area contributed by atoms with Crippen LogP contribution in [0.15, 0.2) is 18.2 Å². The fourth-order valence-electron chi connectivity index (χ4n) is 3.10. The second-order valence-electron chi connectivity index (χ2n) is 6.96. The highest BCUT2D eigenvalue weighted by Gasteiger charge is 2.24. The van der Waals surface area contributed by atoms with Gasteiger partial charge in [0.25, 0.3) is 0 Å². The molecule has 1 atom stereocenters. The van der Waals surface area contributed by atoms with Gasteiger partial charge in [-0.25, -0.2) is 0 Å². The minimum atomic E-state index is 0.0359. The van der Waals surface area contributed by atoms with Gasteiger partial charge in [-0.15, -0.1) is 10.2 Å². The van der Waals surface area contributed by atoms with Gasteiger partial charge in [-0.05, 0) is 57.5 Å². The number of nitrogens with zero attached hydrogens (tertiary/aromatic N) is 3. The van der Waals surface area contributed by atoms with E-state index in [1.54, 1.807) is 0 Å². The van der Waals surface area contributed by atoms with Gasteiger partial charge in [-0.2, -0.15) is 0 Å². The smallest absolute Gasteiger partial charge is 0.230 e. The third kappa shape index (κ3) is 5.02. The van der Waals surface area contributed by atoms with Crippen molar-refractivity contribution in [3.63, 3.8) is 0 Å². The van der Waals surface area contributed by atoms with Gasteiger partial charge in [0.1, 0.15) is 10.8 Å². The van der Waals surface area contributed by atoms with Crippen LogP contribution in [0.3, 0.4) is 0 Å². The van der Waals surface area contributed by atoms with Crippen LogP contribution in [0.4, 0.5) is 5.13 Å². The number of carbonyl (C=O) groups excluding carboxylic acids is 1. The van der Waals surface area contributed by atoms with Gasteiger partial charge in [-0.1, -0.05) is 23.5 Å². The zero-order chi connectivity index (χ0) is 18.5. The van der Waals surface area contributed by atoms with Gasteiger partial charge >= 0.3 is 0 Å². The van der Waals surface area contributed by atoms with Crippen LogP contribution in [-0.4, -0.2) is 47.7 Å². The van der Waals surface area contributed by atoms with Gasteiger partial charge in [0.2, 0.25) is 11.0 Å². The summed E-state index contributed by atoms with van der Waals surface area (Å²) in [5.41, 5.74) is 2.30. The van der Waals surface area contributed by atoms with Crippen LogP contribution in [0.25, 0.3) is 0 Å². The normalized spacial score (nSPS) is 17.9. The van der Waals surface area contributed by atoms with Crippen molar-refractivity contribution < 1.29 is 9.53 Å². The number of anilines is 1. The molecule has 3 rings (SSSR count). The lowest BCUT2D eigenvalue weighted by molar-refractivity contribution is -0.121. The monoisotopic (exact) mass is 374 g/mol. The van der Waals surface area contributed by atoms with E-state index in [-0.39, 0.29) is 11.8 Å². The van der Waals surface area contributed by atoms with Crippen LogP contribution in [0, 0.1) is 19.8 Å². The Morgan fingerprint density at radius 2 is 2.23 bits per heavy atom. The second-order valence-corrected chi connectivity index (χ2v) is 8.02. The van der Waals surface area contributed by atoms with E-state index in [2.05, 4.69) is 46.5 Å². The number of amides is 1. The maximum absolute atomic E-state index is 12.4. The molecule has 1 aromatic carbocycles. The van der Waals surface area contributed by atoms with Crippen molar-refractivity contribution in [3.8, 4) is 5.75 Å². The van der Waals surface area contributed by atoms with Crippen LogP contribution in [0.1, 0.15) is 29.0 Å². The number of aryl methyl sites for hydroxylation is 2. The summed E-state index contributed by atoms with van der Waals surface area (Å²) in [7, 11) is 2.05. The molecule has 1 fully saturated rings. The van der Waals surface area contributed by atoms with Crippen molar-refractivity contribution in [1.29, 1.82) is 0 Å². The number of piperidine rings is 1.